The smallest absolute Gasteiger partial charge is 0.280 e. The lowest BCUT2D eigenvalue weighted by molar-refractivity contribution is 0.0708. The van der Waals surface area contributed by atoms with Gasteiger partial charge in [-0.05, 0) is 29.5 Å². The molecule has 30 heavy (non-hydrogen) atoms. The number of carbonyl (C=O) groups excluding carboxylic acids is 1. The van der Waals surface area contributed by atoms with Crippen molar-refractivity contribution < 1.29 is 14.4 Å². The summed E-state index contributed by atoms with van der Waals surface area (Å²) < 4.78 is 15.0. The highest BCUT2D eigenvalue weighted by Gasteiger charge is 2.25. The lowest BCUT2D eigenvalue weighted by atomic mass is 9.82. The van der Waals surface area contributed by atoms with Crippen LogP contribution < -0.4 is 10.8 Å². The first kappa shape index (κ1) is 22.3. The topological polar surface area (TPSA) is 91.5 Å². The van der Waals surface area contributed by atoms with E-state index in [-0.39, 0.29) is 32.7 Å². The van der Waals surface area contributed by atoms with Crippen LogP contribution in [0.5, 0.6) is 0 Å². The summed E-state index contributed by atoms with van der Waals surface area (Å²) in [4.78, 5) is 16.3. The van der Waals surface area contributed by atoms with Gasteiger partial charge in [0.05, 0.1) is 16.8 Å². The molecular weight excluding hydrogens is 432 g/mol. The molecule has 3 rings (SSSR count). The average molecular weight is 454 g/mol. The molecule has 2 heterocycles. The molecule has 0 radical (unpaired) electrons. The molecule has 10 heteroatoms. The van der Waals surface area contributed by atoms with Crippen LogP contribution in [-0.2, 0) is 0 Å². The van der Waals surface area contributed by atoms with Gasteiger partial charge in [-0.3, -0.25) is 10.0 Å². The van der Waals surface area contributed by atoms with E-state index < -0.39 is 11.7 Å². The molecule has 0 fully saturated rings. The fourth-order valence-corrected chi connectivity index (χ4v) is 3.37. The number of hydroxylamine groups is 1. The van der Waals surface area contributed by atoms with Crippen molar-refractivity contribution in [3.8, 4) is 11.1 Å². The number of fused-ring (bicyclic) bond motifs is 1. The van der Waals surface area contributed by atoms with Crippen LogP contribution in [0.4, 0.5) is 10.2 Å². The van der Waals surface area contributed by atoms with Gasteiger partial charge in [0.1, 0.15) is 22.4 Å². The molecule has 0 spiro atoms. The molecule has 0 aliphatic rings. The molecule has 2 aromatic heterocycles. The van der Waals surface area contributed by atoms with Crippen molar-refractivity contribution in [1.82, 2.24) is 20.1 Å². The number of nitrogens with zero attached hydrogens (tertiary/aromatic N) is 3. The minimum atomic E-state index is -0.768. The molecule has 0 bridgehead atoms. The molecule has 1 amide bonds. The Bertz CT molecular complexity index is 1110. The molecule has 1 atom stereocenters. The Morgan fingerprint density at radius 3 is 2.63 bits per heavy atom. The second-order valence-electron chi connectivity index (χ2n) is 8.13. The quantitative estimate of drug-likeness (QED) is 0.285. The van der Waals surface area contributed by atoms with Gasteiger partial charge in [-0.2, -0.15) is 9.61 Å². The van der Waals surface area contributed by atoms with E-state index in [2.05, 4.69) is 43.1 Å². The second kappa shape index (κ2) is 8.37. The summed E-state index contributed by atoms with van der Waals surface area (Å²) in [7, 11) is 0. The molecule has 0 aliphatic heterocycles. The molecule has 0 saturated heterocycles. The van der Waals surface area contributed by atoms with Crippen molar-refractivity contribution in [3.63, 3.8) is 0 Å². The van der Waals surface area contributed by atoms with E-state index in [0.717, 1.165) is 0 Å². The van der Waals surface area contributed by atoms with Crippen LogP contribution >= 0.6 is 23.2 Å². The highest BCUT2D eigenvalue weighted by molar-refractivity contribution is 6.36. The standard InChI is InChI=1S/C20H22Cl2FN5O2/c1-10(20(2,3)4)8-24-18-15(12-6-5-11(23)7-14(12)21)16(22)26-17-13(19(29)27-30)9-25-28(17)18/h5-7,9-10,24,30H,8H2,1-4H3,(H,27,29)/t10-/m0/s1. The zero-order valence-corrected chi connectivity index (χ0v) is 18.4. The van der Waals surface area contributed by atoms with Crippen LogP contribution in [0, 0.1) is 17.2 Å². The zero-order chi connectivity index (χ0) is 22.2. The van der Waals surface area contributed by atoms with Crippen molar-refractivity contribution in [2.75, 3.05) is 11.9 Å². The van der Waals surface area contributed by atoms with Gasteiger partial charge in [0, 0.05) is 12.1 Å². The van der Waals surface area contributed by atoms with Crippen molar-refractivity contribution in [3.05, 3.63) is 46.0 Å². The maximum Gasteiger partial charge on any atom is 0.280 e. The Balaban J connectivity index is 2.23. The number of nitrogens with one attached hydrogen (secondary N) is 2. The van der Waals surface area contributed by atoms with E-state index in [9.17, 15) is 9.18 Å². The summed E-state index contributed by atoms with van der Waals surface area (Å²) in [6.07, 6.45) is 1.28. The highest BCUT2D eigenvalue weighted by Crippen LogP contribution is 2.39. The predicted molar refractivity (Wildman–Crippen MR) is 115 cm³/mol. The average Bonchev–Trinajstić information content (AvgIpc) is 3.08. The van der Waals surface area contributed by atoms with Crippen LogP contribution in [0.1, 0.15) is 38.1 Å². The minimum absolute atomic E-state index is 0.0304. The van der Waals surface area contributed by atoms with Gasteiger partial charge >= 0.3 is 0 Å². The number of benzene rings is 1. The first-order valence-corrected chi connectivity index (χ1v) is 10.0. The summed E-state index contributed by atoms with van der Waals surface area (Å²) >= 11 is 12.8. The number of halogens is 3. The van der Waals surface area contributed by atoms with Crippen molar-refractivity contribution in [2.45, 2.75) is 27.7 Å². The maximum atomic E-state index is 13.6. The maximum absolute atomic E-state index is 13.6. The third-order valence-corrected chi connectivity index (χ3v) is 5.79. The summed E-state index contributed by atoms with van der Waals surface area (Å²) in [5, 5.41) is 16.8. The Labute approximate surface area is 183 Å². The van der Waals surface area contributed by atoms with Gasteiger partial charge in [0.2, 0.25) is 0 Å². The van der Waals surface area contributed by atoms with Gasteiger partial charge in [-0.25, -0.2) is 14.9 Å². The first-order chi connectivity index (χ1) is 14.0. The van der Waals surface area contributed by atoms with E-state index in [1.54, 1.807) is 5.48 Å². The molecule has 3 aromatic rings. The summed E-state index contributed by atoms with van der Waals surface area (Å²) in [6, 6.07) is 3.97. The van der Waals surface area contributed by atoms with Crippen molar-refractivity contribution >= 4 is 40.6 Å². The molecule has 0 unspecified atom stereocenters. The van der Waals surface area contributed by atoms with Crippen LogP contribution in [-0.4, -0.2) is 32.3 Å². The van der Waals surface area contributed by atoms with Crippen LogP contribution in [0.15, 0.2) is 24.4 Å². The molecular formula is C20H22Cl2FN5O2. The summed E-state index contributed by atoms with van der Waals surface area (Å²) in [5.74, 6) is -0.542. The molecule has 160 valence electrons. The Kier molecular flexibility index (Phi) is 6.21. The van der Waals surface area contributed by atoms with E-state index in [1.807, 2.05) is 0 Å². The largest absolute Gasteiger partial charge is 0.369 e. The van der Waals surface area contributed by atoms with Crippen LogP contribution in [0.25, 0.3) is 16.8 Å². The summed E-state index contributed by atoms with van der Waals surface area (Å²) in [6.45, 7) is 9.05. The number of hydrogen-bond acceptors (Lipinski definition) is 5. The molecule has 0 aliphatic carbocycles. The second-order valence-corrected chi connectivity index (χ2v) is 8.90. The highest BCUT2D eigenvalue weighted by atomic mass is 35.5. The van der Waals surface area contributed by atoms with E-state index in [1.165, 1.54) is 28.9 Å². The minimum Gasteiger partial charge on any atom is -0.369 e. The fourth-order valence-electron chi connectivity index (χ4n) is 2.84. The first-order valence-electron chi connectivity index (χ1n) is 9.25. The van der Waals surface area contributed by atoms with Gasteiger partial charge in [0.15, 0.2) is 5.65 Å². The Morgan fingerprint density at radius 1 is 1.33 bits per heavy atom. The number of carbonyl (C=O) groups is 1. The zero-order valence-electron chi connectivity index (χ0n) is 16.9. The van der Waals surface area contributed by atoms with Crippen molar-refractivity contribution in [2.24, 2.45) is 11.3 Å². The van der Waals surface area contributed by atoms with Crippen LogP contribution in [0.3, 0.4) is 0 Å². The van der Waals surface area contributed by atoms with Gasteiger partial charge in [-0.1, -0.05) is 50.9 Å². The third-order valence-electron chi connectivity index (χ3n) is 5.20. The normalized spacial score (nSPS) is 12.8. The lowest BCUT2D eigenvalue weighted by Gasteiger charge is -2.28. The Hall–Kier alpha value is -2.42. The Morgan fingerprint density at radius 2 is 2.03 bits per heavy atom. The van der Waals surface area contributed by atoms with Crippen molar-refractivity contribution in [1.29, 1.82) is 0 Å². The molecule has 3 N–H and O–H groups in total. The van der Waals surface area contributed by atoms with Gasteiger partial charge in [0.25, 0.3) is 5.91 Å². The SMILES string of the molecule is C[C@@H](CNc1c(-c2ccc(F)cc2Cl)c(Cl)nc2c(C(=O)NO)cnn12)C(C)(C)C. The molecule has 7 nitrogen and oxygen atoms in total. The lowest BCUT2D eigenvalue weighted by Crippen LogP contribution is -2.26. The van der Waals surface area contributed by atoms with E-state index in [0.29, 0.717) is 23.5 Å². The monoisotopic (exact) mass is 453 g/mol. The van der Waals surface area contributed by atoms with Crippen LogP contribution in [0.2, 0.25) is 10.2 Å². The van der Waals surface area contributed by atoms with E-state index >= 15 is 0 Å². The summed E-state index contributed by atoms with van der Waals surface area (Å²) in [5.41, 5.74) is 2.69. The molecule has 1 aromatic carbocycles. The number of rotatable bonds is 5. The fraction of sp³-hybridized carbons (Fsp3) is 0.350. The predicted octanol–water partition coefficient (Wildman–Crippen LogP) is 5.06. The van der Waals surface area contributed by atoms with Gasteiger partial charge in [-0.15, -0.1) is 0 Å². The van der Waals surface area contributed by atoms with Gasteiger partial charge < -0.3 is 5.32 Å². The third kappa shape index (κ3) is 4.21. The molecule has 0 saturated carbocycles. The number of anilines is 1. The van der Waals surface area contributed by atoms with E-state index in [4.69, 9.17) is 28.4 Å². The number of hydrogen-bond donors (Lipinski definition) is 3. The number of aromatic nitrogens is 3. The number of amides is 1.